The van der Waals surface area contributed by atoms with Crippen molar-refractivity contribution >= 4 is 35.3 Å². The highest BCUT2D eigenvalue weighted by Crippen LogP contribution is 2.26. The highest BCUT2D eigenvalue weighted by Gasteiger charge is 2.07. The van der Waals surface area contributed by atoms with Crippen LogP contribution in [-0.4, -0.2) is 22.3 Å². The van der Waals surface area contributed by atoms with Gasteiger partial charge in [-0.1, -0.05) is 29.3 Å². The first-order valence-electron chi connectivity index (χ1n) is 5.78. The van der Waals surface area contributed by atoms with Gasteiger partial charge < -0.3 is 10.2 Å². The van der Waals surface area contributed by atoms with Gasteiger partial charge in [-0.3, -0.25) is 4.79 Å². The van der Waals surface area contributed by atoms with Crippen LogP contribution in [0.3, 0.4) is 0 Å². The molecule has 7 heteroatoms. The smallest absolute Gasteiger partial charge is 0.271 e. The molecule has 2 aromatic rings. The van der Waals surface area contributed by atoms with E-state index in [1.165, 1.54) is 42.6 Å². The highest BCUT2D eigenvalue weighted by molar-refractivity contribution is 6.42. The van der Waals surface area contributed by atoms with E-state index in [1.807, 2.05) is 0 Å². The lowest BCUT2D eigenvalue weighted by molar-refractivity contribution is 0.0955. The molecule has 0 heterocycles. The minimum Gasteiger partial charge on any atom is -0.504 e. The second-order valence-corrected chi connectivity index (χ2v) is 4.86. The number of aromatic hydroxyl groups is 2. The van der Waals surface area contributed by atoms with Crippen LogP contribution in [0.2, 0.25) is 10.0 Å². The molecule has 2 aromatic carbocycles. The van der Waals surface area contributed by atoms with Gasteiger partial charge in [-0.2, -0.15) is 5.10 Å². The van der Waals surface area contributed by atoms with E-state index in [-0.39, 0.29) is 22.1 Å². The predicted molar refractivity (Wildman–Crippen MR) is 81.3 cm³/mol. The lowest BCUT2D eigenvalue weighted by atomic mass is 10.2. The van der Waals surface area contributed by atoms with Crippen LogP contribution in [0.4, 0.5) is 0 Å². The zero-order valence-corrected chi connectivity index (χ0v) is 12.1. The minimum absolute atomic E-state index is 0.263. The Morgan fingerprint density at radius 3 is 2.62 bits per heavy atom. The number of phenols is 2. The maximum Gasteiger partial charge on any atom is 0.271 e. The fourth-order valence-corrected chi connectivity index (χ4v) is 1.81. The first-order chi connectivity index (χ1) is 9.99. The second kappa shape index (κ2) is 6.47. The summed E-state index contributed by atoms with van der Waals surface area (Å²) in [5.41, 5.74) is 2.84. The van der Waals surface area contributed by atoms with E-state index in [0.717, 1.165) is 0 Å². The summed E-state index contributed by atoms with van der Waals surface area (Å²) in [6, 6.07) is 8.83. The topological polar surface area (TPSA) is 81.9 Å². The molecule has 0 fully saturated rings. The van der Waals surface area contributed by atoms with Crippen molar-refractivity contribution < 1.29 is 15.0 Å². The summed E-state index contributed by atoms with van der Waals surface area (Å²) in [6.45, 7) is 0. The molecular formula is C14H10Cl2N2O3. The monoisotopic (exact) mass is 324 g/mol. The number of rotatable bonds is 3. The van der Waals surface area contributed by atoms with E-state index in [4.69, 9.17) is 23.2 Å². The Balaban J connectivity index is 2.08. The number of nitrogens with one attached hydrogen (secondary N) is 1. The molecule has 0 aliphatic carbocycles. The van der Waals surface area contributed by atoms with Crippen molar-refractivity contribution in [3.63, 3.8) is 0 Å². The molecule has 0 aromatic heterocycles. The third-order valence-electron chi connectivity index (χ3n) is 2.60. The van der Waals surface area contributed by atoms with Gasteiger partial charge in [-0.05, 0) is 30.3 Å². The fraction of sp³-hybridized carbons (Fsp3) is 0. The van der Waals surface area contributed by atoms with Crippen LogP contribution in [0.15, 0.2) is 41.5 Å². The zero-order valence-electron chi connectivity index (χ0n) is 10.5. The number of phenolic OH excluding ortho intramolecular Hbond substituents is 2. The SMILES string of the molecule is O=C(NN=Cc1cccc(O)c1O)c1ccc(Cl)c(Cl)c1. The van der Waals surface area contributed by atoms with Gasteiger partial charge in [0, 0.05) is 11.1 Å². The Morgan fingerprint density at radius 1 is 1.14 bits per heavy atom. The van der Waals surface area contributed by atoms with E-state index in [9.17, 15) is 15.0 Å². The number of carbonyl (C=O) groups excluding carboxylic acids is 1. The lowest BCUT2D eigenvalue weighted by Gasteiger charge is -2.03. The van der Waals surface area contributed by atoms with Crippen molar-refractivity contribution in [2.24, 2.45) is 5.10 Å². The largest absolute Gasteiger partial charge is 0.504 e. The van der Waals surface area contributed by atoms with Gasteiger partial charge in [-0.15, -0.1) is 0 Å². The fourth-order valence-electron chi connectivity index (χ4n) is 1.52. The number of hydrogen-bond donors (Lipinski definition) is 3. The molecule has 108 valence electrons. The van der Waals surface area contributed by atoms with Gasteiger partial charge in [0.2, 0.25) is 0 Å². The van der Waals surface area contributed by atoms with E-state index in [1.54, 1.807) is 0 Å². The van der Waals surface area contributed by atoms with Gasteiger partial charge in [0.25, 0.3) is 5.91 Å². The summed E-state index contributed by atoms with van der Waals surface area (Å²) in [5.74, 6) is -1.07. The molecule has 3 N–H and O–H groups in total. The summed E-state index contributed by atoms with van der Waals surface area (Å²) in [6.07, 6.45) is 1.21. The van der Waals surface area contributed by atoms with Gasteiger partial charge in [0.05, 0.1) is 16.3 Å². The predicted octanol–water partition coefficient (Wildman–Crippen LogP) is 3.17. The minimum atomic E-state index is -0.482. The van der Waals surface area contributed by atoms with E-state index in [2.05, 4.69) is 10.5 Å². The molecule has 0 aliphatic rings. The quantitative estimate of drug-likeness (QED) is 0.460. The number of hydrazone groups is 1. The van der Waals surface area contributed by atoms with Crippen LogP contribution in [0.25, 0.3) is 0 Å². The summed E-state index contributed by atoms with van der Waals surface area (Å²) in [7, 11) is 0. The molecule has 0 atom stereocenters. The molecule has 0 unspecified atom stereocenters. The average Bonchev–Trinajstić information content (AvgIpc) is 2.46. The van der Waals surface area contributed by atoms with Crippen LogP contribution >= 0.6 is 23.2 Å². The average molecular weight is 325 g/mol. The lowest BCUT2D eigenvalue weighted by Crippen LogP contribution is -2.17. The summed E-state index contributed by atoms with van der Waals surface area (Å²) in [4.78, 5) is 11.8. The normalized spacial score (nSPS) is 10.8. The Kier molecular flexibility index (Phi) is 4.67. The number of amides is 1. The van der Waals surface area contributed by atoms with E-state index in [0.29, 0.717) is 10.6 Å². The number of halogens is 2. The summed E-state index contributed by atoms with van der Waals surface area (Å²) in [5, 5.41) is 23.2. The van der Waals surface area contributed by atoms with Crippen LogP contribution in [-0.2, 0) is 0 Å². The van der Waals surface area contributed by atoms with E-state index < -0.39 is 5.91 Å². The van der Waals surface area contributed by atoms with Crippen LogP contribution in [0.5, 0.6) is 11.5 Å². The van der Waals surface area contributed by atoms with Gasteiger partial charge >= 0.3 is 0 Å². The van der Waals surface area contributed by atoms with Crippen molar-refractivity contribution in [2.45, 2.75) is 0 Å². The van der Waals surface area contributed by atoms with Gasteiger partial charge in [0.15, 0.2) is 11.5 Å². The third-order valence-corrected chi connectivity index (χ3v) is 3.34. The molecule has 0 spiro atoms. The van der Waals surface area contributed by atoms with Crippen molar-refractivity contribution in [3.05, 3.63) is 57.6 Å². The van der Waals surface area contributed by atoms with Gasteiger partial charge in [0.1, 0.15) is 0 Å². The molecule has 2 rings (SSSR count). The summed E-state index contributed by atoms with van der Waals surface area (Å²) < 4.78 is 0. The molecule has 0 saturated carbocycles. The Labute approximate surface area is 130 Å². The molecule has 0 radical (unpaired) electrons. The van der Waals surface area contributed by atoms with Crippen molar-refractivity contribution in [1.29, 1.82) is 0 Å². The third kappa shape index (κ3) is 3.65. The number of hydrogen-bond acceptors (Lipinski definition) is 4. The van der Waals surface area contributed by atoms with Crippen molar-refractivity contribution in [1.82, 2.24) is 5.43 Å². The Morgan fingerprint density at radius 2 is 1.90 bits per heavy atom. The second-order valence-electron chi connectivity index (χ2n) is 4.04. The molecule has 1 amide bonds. The first kappa shape index (κ1) is 15.2. The van der Waals surface area contributed by atoms with Crippen LogP contribution in [0, 0.1) is 0 Å². The Bertz CT molecular complexity index is 717. The highest BCUT2D eigenvalue weighted by atomic mass is 35.5. The Hall–Kier alpha value is -2.24. The zero-order chi connectivity index (χ0) is 15.4. The van der Waals surface area contributed by atoms with Gasteiger partial charge in [-0.25, -0.2) is 5.43 Å². The standard InChI is InChI=1S/C14H10Cl2N2O3/c15-10-5-4-8(6-11(10)16)14(21)18-17-7-9-2-1-3-12(19)13(9)20/h1-7,19-20H,(H,18,21). The van der Waals surface area contributed by atoms with Crippen molar-refractivity contribution in [3.8, 4) is 11.5 Å². The van der Waals surface area contributed by atoms with E-state index >= 15 is 0 Å². The van der Waals surface area contributed by atoms with Crippen molar-refractivity contribution in [2.75, 3.05) is 0 Å². The first-order valence-corrected chi connectivity index (χ1v) is 6.54. The molecule has 0 saturated heterocycles. The molecule has 0 bridgehead atoms. The number of benzene rings is 2. The summed E-state index contributed by atoms with van der Waals surface area (Å²) >= 11 is 11.6. The molecular weight excluding hydrogens is 315 g/mol. The maximum absolute atomic E-state index is 11.8. The maximum atomic E-state index is 11.8. The number of carbonyl (C=O) groups is 1. The molecule has 0 aliphatic heterocycles. The molecule has 21 heavy (non-hydrogen) atoms. The number of nitrogens with zero attached hydrogens (tertiary/aromatic N) is 1. The van der Waals surface area contributed by atoms with Crippen LogP contribution in [0.1, 0.15) is 15.9 Å². The molecule has 5 nitrogen and oxygen atoms in total. The number of para-hydroxylation sites is 1. The van der Waals surface area contributed by atoms with Crippen LogP contribution < -0.4 is 5.43 Å².